The van der Waals surface area contributed by atoms with Crippen molar-refractivity contribution in [2.45, 2.75) is 69.4 Å². The van der Waals surface area contributed by atoms with Crippen molar-refractivity contribution in [3.63, 3.8) is 0 Å². The van der Waals surface area contributed by atoms with Gasteiger partial charge in [-0.2, -0.15) is 0 Å². The number of anilines is 1. The molecule has 3 aliphatic rings. The van der Waals surface area contributed by atoms with Gasteiger partial charge in [0.2, 0.25) is 0 Å². The van der Waals surface area contributed by atoms with Crippen molar-refractivity contribution in [1.82, 2.24) is 0 Å². The molecular formula is C28H33NO4. The fraction of sp³-hybridized carbons (Fsp3) is 0.500. The van der Waals surface area contributed by atoms with Gasteiger partial charge in [0.25, 0.3) is 0 Å². The van der Waals surface area contributed by atoms with E-state index in [0.29, 0.717) is 6.42 Å². The van der Waals surface area contributed by atoms with Crippen LogP contribution in [0.1, 0.15) is 68.2 Å². The third-order valence-electron chi connectivity index (χ3n) is 8.46. The average Bonchev–Trinajstić information content (AvgIpc) is 3.38. The van der Waals surface area contributed by atoms with Crippen molar-refractivity contribution in [2.75, 3.05) is 19.1 Å². The molecule has 1 saturated carbocycles. The van der Waals surface area contributed by atoms with Crippen LogP contribution in [0.25, 0.3) is 0 Å². The molecule has 5 nitrogen and oxygen atoms in total. The predicted octanol–water partition coefficient (Wildman–Crippen LogP) is 5.12. The van der Waals surface area contributed by atoms with Crippen molar-refractivity contribution in [2.24, 2.45) is 5.41 Å². The van der Waals surface area contributed by atoms with Gasteiger partial charge in [-0.3, -0.25) is 9.59 Å². The first-order valence-electron chi connectivity index (χ1n) is 12.2. The Hall–Kier alpha value is -2.82. The first-order valence-corrected chi connectivity index (χ1v) is 12.2. The van der Waals surface area contributed by atoms with E-state index < -0.39 is 17.4 Å². The van der Waals surface area contributed by atoms with E-state index in [2.05, 4.69) is 60.4 Å². The molecule has 0 radical (unpaired) electrons. The second kappa shape index (κ2) is 8.19. The molecule has 0 amide bonds. The van der Waals surface area contributed by atoms with Crippen molar-refractivity contribution < 1.29 is 19.1 Å². The molecule has 5 heteroatoms. The van der Waals surface area contributed by atoms with E-state index in [1.165, 1.54) is 31.8 Å². The highest BCUT2D eigenvalue weighted by atomic mass is 16.5. The summed E-state index contributed by atoms with van der Waals surface area (Å²) in [4.78, 5) is 29.5. The van der Waals surface area contributed by atoms with Gasteiger partial charge in [0.05, 0.1) is 26.3 Å². The molecule has 2 aliphatic heterocycles. The Morgan fingerprint density at radius 2 is 1.58 bits per heavy atom. The highest BCUT2D eigenvalue weighted by molar-refractivity contribution is 6.03. The summed E-state index contributed by atoms with van der Waals surface area (Å²) in [6.07, 6.45) is 6.61. The molecule has 2 aromatic rings. The topological polar surface area (TPSA) is 55.8 Å². The van der Waals surface area contributed by atoms with Crippen LogP contribution in [0.3, 0.4) is 0 Å². The summed E-state index contributed by atoms with van der Waals surface area (Å²) in [7, 11) is 2.77. The summed E-state index contributed by atoms with van der Waals surface area (Å²) < 4.78 is 10.7. The molecule has 1 aliphatic carbocycles. The largest absolute Gasteiger partial charge is 0.468 e. The van der Waals surface area contributed by atoms with Crippen LogP contribution in [-0.2, 0) is 30.9 Å². The standard InChI is InChI=1S/C28H33NO4/c1-4-19-12-14-20(15-13-19)23-18-28(25(30)32-2,26(31)33-3)24-27(16-8-5-9-17-27)21-10-6-7-11-22(21)29(23)24/h6-7,10-15,23-24H,4-5,8-9,16-18H2,1-3H3/t23-,24+/m0/s1. The Labute approximate surface area is 196 Å². The van der Waals surface area contributed by atoms with Crippen LogP contribution in [0.15, 0.2) is 48.5 Å². The van der Waals surface area contributed by atoms with E-state index >= 15 is 0 Å². The van der Waals surface area contributed by atoms with Crippen LogP contribution >= 0.6 is 0 Å². The zero-order valence-corrected chi connectivity index (χ0v) is 19.8. The number of nitrogens with zero attached hydrogens (tertiary/aromatic N) is 1. The minimum absolute atomic E-state index is 0.110. The number of carbonyl (C=O) groups is 2. The molecule has 0 aromatic heterocycles. The average molecular weight is 448 g/mol. The predicted molar refractivity (Wildman–Crippen MR) is 127 cm³/mol. The second-order valence-corrected chi connectivity index (χ2v) is 9.81. The number of methoxy groups -OCH3 is 2. The number of rotatable bonds is 4. The molecule has 2 heterocycles. The third kappa shape index (κ3) is 2.97. The van der Waals surface area contributed by atoms with E-state index in [0.717, 1.165) is 43.4 Å². The molecule has 0 unspecified atom stereocenters. The molecular weight excluding hydrogens is 414 g/mol. The number of carbonyl (C=O) groups excluding carboxylic acids is 2. The van der Waals surface area contributed by atoms with Gasteiger partial charge in [0.15, 0.2) is 5.41 Å². The number of hydrogen-bond donors (Lipinski definition) is 0. The van der Waals surface area contributed by atoms with Gasteiger partial charge in [-0.25, -0.2) is 0 Å². The first-order chi connectivity index (χ1) is 16.0. The number of para-hydroxylation sites is 1. The molecule has 0 N–H and O–H groups in total. The summed E-state index contributed by atoms with van der Waals surface area (Å²) in [5.74, 6) is -0.954. The van der Waals surface area contributed by atoms with Crippen LogP contribution in [0, 0.1) is 5.41 Å². The fourth-order valence-electron chi connectivity index (χ4n) is 7.06. The molecule has 2 atom stereocenters. The van der Waals surface area contributed by atoms with Gasteiger partial charge < -0.3 is 14.4 Å². The van der Waals surface area contributed by atoms with Gasteiger partial charge in [0, 0.05) is 17.5 Å². The van der Waals surface area contributed by atoms with Gasteiger partial charge in [-0.1, -0.05) is 68.7 Å². The molecule has 0 bridgehead atoms. The van der Waals surface area contributed by atoms with E-state index in [1.54, 1.807) is 0 Å². The fourth-order valence-corrected chi connectivity index (χ4v) is 7.06. The lowest BCUT2D eigenvalue weighted by Gasteiger charge is -2.45. The lowest BCUT2D eigenvalue weighted by molar-refractivity contribution is -0.171. The number of hydrogen-bond acceptors (Lipinski definition) is 5. The lowest BCUT2D eigenvalue weighted by atomic mass is 9.59. The van der Waals surface area contributed by atoms with Gasteiger partial charge in [0.1, 0.15) is 0 Å². The first kappa shape index (κ1) is 22.0. The molecule has 2 fully saturated rings. The zero-order chi connectivity index (χ0) is 23.2. The molecule has 5 rings (SSSR count). The molecule has 2 aromatic carbocycles. The van der Waals surface area contributed by atoms with Gasteiger partial charge >= 0.3 is 11.9 Å². The number of esters is 2. The Morgan fingerprint density at radius 1 is 0.939 bits per heavy atom. The summed E-state index contributed by atoms with van der Waals surface area (Å²) in [5, 5.41) is 0. The Bertz CT molecular complexity index is 1040. The number of aryl methyl sites for hydroxylation is 1. The smallest absolute Gasteiger partial charge is 0.325 e. The second-order valence-electron chi connectivity index (χ2n) is 9.81. The summed E-state index contributed by atoms with van der Waals surface area (Å²) >= 11 is 0. The van der Waals surface area contributed by atoms with Gasteiger partial charge in [-0.05, 0) is 42.0 Å². The maximum Gasteiger partial charge on any atom is 0.325 e. The van der Waals surface area contributed by atoms with E-state index in [9.17, 15) is 9.59 Å². The van der Waals surface area contributed by atoms with Crippen LogP contribution in [-0.4, -0.2) is 32.2 Å². The number of benzene rings is 2. The highest BCUT2D eigenvalue weighted by Crippen LogP contribution is 2.65. The van der Waals surface area contributed by atoms with Crippen molar-refractivity contribution in [1.29, 1.82) is 0 Å². The van der Waals surface area contributed by atoms with E-state index in [-0.39, 0.29) is 17.5 Å². The molecule has 33 heavy (non-hydrogen) atoms. The number of fused-ring (bicyclic) bond motifs is 5. The van der Waals surface area contributed by atoms with Crippen molar-refractivity contribution in [3.05, 3.63) is 65.2 Å². The Kier molecular flexibility index (Phi) is 5.46. The van der Waals surface area contributed by atoms with E-state index in [1.807, 2.05) is 0 Å². The van der Waals surface area contributed by atoms with Crippen molar-refractivity contribution in [3.8, 4) is 0 Å². The maximum atomic E-state index is 13.6. The maximum absolute atomic E-state index is 13.6. The summed E-state index contributed by atoms with van der Waals surface area (Å²) in [5.41, 5.74) is 3.16. The normalized spacial score (nSPS) is 24.3. The van der Waals surface area contributed by atoms with E-state index in [4.69, 9.17) is 9.47 Å². The molecule has 1 spiro atoms. The highest BCUT2D eigenvalue weighted by Gasteiger charge is 2.72. The minimum atomic E-state index is -1.37. The quantitative estimate of drug-likeness (QED) is 0.481. The summed E-state index contributed by atoms with van der Waals surface area (Å²) in [6, 6.07) is 16.7. The van der Waals surface area contributed by atoms with Gasteiger partial charge in [-0.15, -0.1) is 0 Å². The Balaban J connectivity index is 1.76. The lowest BCUT2D eigenvalue weighted by Crippen LogP contribution is -2.58. The third-order valence-corrected chi connectivity index (χ3v) is 8.46. The zero-order valence-electron chi connectivity index (χ0n) is 19.8. The van der Waals surface area contributed by atoms with Crippen molar-refractivity contribution >= 4 is 17.6 Å². The minimum Gasteiger partial charge on any atom is -0.468 e. The molecule has 174 valence electrons. The SMILES string of the molecule is CCc1ccc([C@@H]2CC(C(=O)OC)(C(=O)OC)[C@@H]3N2c2ccccc2C32CCCCC2)cc1. The van der Waals surface area contributed by atoms with Crippen LogP contribution in [0.5, 0.6) is 0 Å². The van der Waals surface area contributed by atoms with Crippen LogP contribution in [0.4, 0.5) is 5.69 Å². The molecule has 1 saturated heterocycles. The Morgan fingerprint density at radius 3 is 2.18 bits per heavy atom. The van der Waals surface area contributed by atoms with Crippen LogP contribution in [0.2, 0.25) is 0 Å². The number of ether oxygens (including phenoxy) is 2. The monoisotopic (exact) mass is 447 g/mol. The summed E-state index contributed by atoms with van der Waals surface area (Å²) in [6.45, 7) is 2.14. The van der Waals surface area contributed by atoms with Crippen LogP contribution < -0.4 is 4.90 Å².